The Morgan fingerprint density at radius 1 is 1.33 bits per heavy atom. The highest BCUT2D eigenvalue weighted by Crippen LogP contribution is 2.37. The third-order valence-electron chi connectivity index (χ3n) is 3.27. The van der Waals surface area contributed by atoms with Crippen molar-refractivity contribution in [1.82, 2.24) is 9.78 Å². The van der Waals surface area contributed by atoms with Gasteiger partial charge in [-0.2, -0.15) is 5.10 Å². The lowest BCUT2D eigenvalue weighted by Crippen LogP contribution is -2.14. The van der Waals surface area contributed by atoms with Gasteiger partial charge in [0, 0.05) is 12.0 Å². The fourth-order valence-corrected chi connectivity index (χ4v) is 3.12. The molecule has 15 heavy (non-hydrogen) atoms. The Bertz CT molecular complexity index is 324. The van der Waals surface area contributed by atoms with Crippen molar-refractivity contribution in [3.8, 4) is 0 Å². The van der Waals surface area contributed by atoms with Crippen molar-refractivity contribution in [3.63, 3.8) is 0 Å². The van der Waals surface area contributed by atoms with Gasteiger partial charge in [-0.25, -0.2) is 0 Å². The van der Waals surface area contributed by atoms with Crippen LogP contribution in [0.5, 0.6) is 0 Å². The Morgan fingerprint density at radius 2 is 2.00 bits per heavy atom. The lowest BCUT2D eigenvalue weighted by atomic mass is 9.87. The smallest absolute Gasteiger partial charge is 0.0635 e. The maximum Gasteiger partial charge on any atom is 0.0635 e. The number of hydrogen-bond acceptors (Lipinski definition) is 1. The van der Waals surface area contributed by atoms with Gasteiger partial charge in [0.05, 0.1) is 16.4 Å². The molecule has 1 aliphatic carbocycles. The van der Waals surface area contributed by atoms with E-state index in [1.807, 2.05) is 6.20 Å². The van der Waals surface area contributed by atoms with E-state index >= 15 is 0 Å². The van der Waals surface area contributed by atoms with Crippen LogP contribution in [-0.4, -0.2) is 9.78 Å². The van der Waals surface area contributed by atoms with Crippen molar-refractivity contribution < 1.29 is 0 Å². The Morgan fingerprint density at radius 3 is 2.60 bits per heavy atom. The van der Waals surface area contributed by atoms with Gasteiger partial charge >= 0.3 is 0 Å². The van der Waals surface area contributed by atoms with Crippen LogP contribution in [0.3, 0.4) is 0 Å². The molecule has 0 amide bonds. The minimum absolute atomic E-state index is 0.466. The van der Waals surface area contributed by atoms with E-state index < -0.39 is 0 Å². The number of halogens is 1. The fourth-order valence-electron chi connectivity index (χ4n) is 2.52. The zero-order valence-corrected chi connectivity index (χ0v) is 11.1. The molecular formula is C12H19BrN2. The van der Waals surface area contributed by atoms with Gasteiger partial charge < -0.3 is 0 Å². The molecule has 0 radical (unpaired) electrons. The zero-order chi connectivity index (χ0) is 10.8. The largest absolute Gasteiger partial charge is 0.266 e. The van der Waals surface area contributed by atoms with Gasteiger partial charge in [-0.15, -0.1) is 0 Å². The Balaban J connectivity index is 2.28. The summed E-state index contributed by atoms with van der Waals surface area (Å²) in [5, 5.41) is 4.46. The van der Waals surface area contributed by atoms with Gasteiger partial charge in [-0.05, 0) is 42.6 Å². The molecule has 0 unspecified atom stereocenters. The summed E-state index contributed by atoms with van der Waals surface area (Å²) in [5.41, 5.74) is 1.42. The van der Waals surface area contributed by atoms with Gasteiger partial charge in [0.1, 0.15) is 0 Å². The van der Waals surface area contributed by atoms with Crippen LogP contribution < -0.4 is 0 Å². The summed E-state index contributed by atoms with van der Waals surface area (Å²) in [6, 6.07) is 0.466. The van der Waals surface area contributed by atoms with E-state index in [1.165, 1.54) is 42.3 Å². The van der Waals surface area contributed by atoms with Crippen molar-refractivity contribution in [2.45, 2.75) is 57.9 Å². The standard InChI is InChI=1S/C12H19BrN2/c1-9(2)15-12(11(13)8-14-15)10-6-4-3-5-7-10/h8-10H,3-7H2,1-2H3. The predicted molar refractivity (Wildman–Crippen MR) is 66.1 cm³/mol. The molecule has 0 aliphatic heterocycles. The van der Waals surface area contributed by atoms with Gasteiger partial charge in [0.2, 0.25) is 0 Å². The Hall–Kier alpha value is -0.310. The molecule has 84 valence electrons. The molecular weight excluding hydrogens is 252 g/mol. The average molecular weight is 271 g/mol. The van der Waals surface area contributed by atoms with Crippen LogP contribution in [0.25, 0.3) is 0 Å². The molecule has 1 heterocycles. The number of rotatable bonds is 2. The van der Waals surface area contributed by atoms with Crippen LogP contribution in [0.2, 0.25) is 0 Å². The fraction of sp³-hybridized carbons (Fsp3) is 0.750. The molecule has 0 N–H and O–H groups in total. The van der Waals surface area contributed by atoms with Crippen molar-refractivity contribution in [2.24, 2.45) is 0 Å². The number of nitrogens with zero attached hydrogens (tertiary/aromatic N) is 2. The monoisotopic (exact) mass is 270 g/mol. The lowest BCUT2D eigenvalue weighted by molar-refractivity contribution is 0.400. The van der Waals surface area contributed by atoms with E-state index in [9.17, 15) is 0 Å². The number of aromatic nitrogens is 2. The highest BCUT2D eigenvalue weighted by Gasteiger charge is 2.22. The Kier molecular flexibility index (Phi) is 3.49. The molecule has 1 fully saturated rings. The normalized spacial score (nSPS) is 18.7. The van der Waals surface area contributed by atoms with Crippen molar-refractivity contribution in [1.29, 1.82) is 0 Å². The summed E-state index contributed by atoms with van der Waals surface area (Å²) < 4.78 is 3.38. The molecule has 0 aromatic carbocycles. The molecule has 0 atom stereocenters. The zero-order valence-electron chi connectivity index (χ0n) is 9.54. The van der Waals surface area contributed by atoms with Crippen LogP contribution >= 0.6 is 15.9 Å². The second kappa shape index (κ2) is 4.69. The van der Waals surface area contributed by atoms with Crippen molar-refractivity contribution in [2.75, 3.05) is 0 Å². The molecule has 0 spiro atoms. The summed E-state index contributed by atoms with van der Waals surface area (Å²) in [5.74, 6) is 0.720. The van der Waals surface area contributed by atoms with Crippen molar-refractivity contribution >= 4 is 15.9 Å². The van der Waals surface area contributed by atoms with E-state index in [-0.39, 0.29) is 0 Å². The third-order valence-corrected chi connectivity index (χ3v) is 3.88. The topological polar surface area (TPSA) is 17.8 Å². The first-order chi connectivity index (χ1) is 7.20. The highest BCUT2D eigenvalue weighted by molar-refractivity contribution is 9.10. The highest BCUT2D eigenvalue weighted by atomic mass is 79.9. The van der Waals surface area contributed by atoms with Crippen LogP contribution in [0.4, 0.5) is 0 Å². The molecule has 2 nitrogen and oxygen atoms in total. The second-order valence-electron chi connectivity index (χ2n) is 4.75. The molecule has 1 aromatic heterocycles. The Labute approximate surface area is 100 Å². The van der Waals surface area contributed by atoms with Crippen LogP contribution in [0.15, 0.2) is 10.7 Å². The average Bonchev–Trinajstić information content (AvgIpc) is 2.61. The van der Waals surface area contributed by atoms with Gasteiger partial charge in [0.15, 0.2) is 0 Å². The van der Waals surface area contributed by atoms with E-state index in [0.29, 0.717) is 6.04 Å². The molecule has 0 bridgehead atoms. The number of hydrogen-bond donors (Lipinski definition) is 0. The summed E-state index contributed by atoms with van der Waals surface area (Å²) in [6.45, 7) is 4.40. The quantitative estimate of drug-likeness (QED) is 0.785. The van der Waals surface area contributed by atoms with Crippen LogP contribution in [-0.2, 0) is 0 Å². The van der Waals surface area contributed by atoms with E-state index in [4.69, 9.17) is 0 Å². The van der Waals surface area contributed by atoms with Gasteiger partial charge in [-0.1, -0.05) is 19.3 Å². The van der Waals surface area contributed by atoms with Gasteiger partial charge in [-0.3, -0.25) is 4.68 Å². The molecule has 1 aliphatic rings. The van der Waals surface area contributed by atoms with Crippen molar-refractivity contribution in [3.05, 3.63) is 16.4 Å². The lowest BCUT2D eigenvalue weighted by Gasteiger charge is -2.24. The summed E-state index contributed by atoms with van der Waals surface area (Å²) in [6.07, 6.45) is 8.77. The summed E-state index contributed by atoms with van der Waals surface area (Å²) in [4.78, 5) is 0. The maximum atomic E-state index is 4.46. The third kappa shape index (κ3) is 2.27. The molecule has 1 saturated carbocycles. The predicted octanol–water partition coefficient (Wildman–Crippen LogP) is 4.27. The first-order valence-corrected chi connectivity index (χ1v) is 6.72. The maximum absolute atomic E-state index is 4.46. The van der Waals surface area contributed by atoms with Crippen LogP contribution in [0.1, 0.15) is 63.6 Å². The molecule has 0 saturated heterocycles. The van der Waals surface area contributed by atoms with E-state index in [0.717, 1.165) is 5.92 Å². The summed E-state index contributed by atoms with van der Waals surface area (Å²) in [7, 11) is 0. The SMILES string of the molecule is CC(C)n1ncc(Br)c1C1CCCCC1. The summed E-state index contributed by atoms with van der Waals surface area (Å²) >= 11 is 3.64. The van der Waals surface area contributed by atoms with Gasteiger partial charge in [0.25, 0.3) is 0 Å². The first kappa shape index (κ1) is 11.2. The van der Waals surface area contributed by atoms with E-state index in [2.05, 4.69) is 39.6 Å². The van der Waals surface area contributed by atoms with Crippen LogP contribution in [0, 0.1) is 0 Å². The van der Waals surface area contributed by atoms with E-state index in [1.54, 1.807) is 0 Å². The first-order valence-electron chi connectivity index (χ1n) is 5.93. The minimum atomic E-state index is 0.466. The molecule has 1 aromatic rings. The second-order valence-corrected chi connectivity index (χ2v) is 5.61. The minimum Gasteiger partial charge on any atom is -0.266 e. The molecule has 3 heteroatoms. The molecule has 2 rings (SSSR count).